The third-order valence-electron chi connectivity index (χ3n) is 1.22. The largest absolute Gasteiger partial charge is 0.481 e. The molecule has 1 aromatic heterocycles. The molecule has 0 spiro atoms. The molecule has 0 saturated carbocycles. The van der Waals surface area contributed by atoms with E-state index in [2.05, 4.69) is 4.98 Å². The highest BCUT2D eigenvalue weighted by Gasteiger charge is 2.06. The van der Waals surface area contributed by atoms with Crippen LogP contribution in [0.3, 0.4) is 0 Å². The molecular weight excluding hydrogens is 190 g/mol. The summed E-state index contributed by atoms with van der Waals surface area (Å²) >= 11 is 5.17. The monoisotopic (exact) mass is 201 g/mol. The number of carbonyl (C=O) groups is 1. The third-order valence-corrected chi connectivity index (χ3v) is 1.68. The Morgan fingerprint density at radius 2 is 2.00 bits per heavy atom. The maximum atomic E-state index is 9.85. The molecule has 0 saturated heterocycles. The van der Waals surface area contributed by atoms with Crippen LogP contribution in [0.15, 0.2) is 30.6 Å². The number of hydrogen-bond donors (Lipinski definition) is 1. The van der Waals surface area contributed by atoms with Gasteiger partial charge in [-0.2, -0.15) is 0 Å². The lowest BCUT2D eigenvalue weighted by atomic mass is 10.2. The molecule has 1 aromatic rings. The van der Waals surface area contributed by atoms with Crippen LogP contribution in [0.2, 0.25) is 0 Å². The zero-order chi connectivity index (χ0) is 10.1. The van der Waals surface area contributed by atoms with E-state index in [1.165, 1.54) is 0 Å². The van der Waals surface area contributed by atoms with Crippen molar-refractivity contribution in [3.8, 4) is 0 Å². The Morgan fingerprint density at radius 3 is 2.08 bits per heavy atom. The van der Waals surface area contributed by atoms with Gasteiger partial charge in [-0.15, -0.1) is 11.6 Å². The molecule has 0 radical (unpaired) electrons. The van der Waals surface area contributed by atoms with Crippen LogP contribution >= 0.6 is 11.6 Å². The van der Waals surface area contributed by atoms with E-state index in [0.29, 0.717) is 0 Å². The number of rotatable bonds is 2. The molecule has 1 atom stereocenters. The van der Waals surface area contributed by atoms with Crippen LogP contribution in [0.25, 0.3) is 0 Å². The van der Waals surface area contributed by atoms with E-state index in [9.17, 15) is 4.79 Å². The van der Waals surface area contributed by atoms with E-state index in [-0.39, 0.29) is 5.88 Å². The molecule has 1 N–H and O–H groups in total. The second-order valence-corrected chi connectivity index (χ2v) is 2.73. The van der Waals surface area contributed by atoms with E-state index in [1.54, 1.807) is 19.3 Å². The molecular formula is C9H12ClNO2. The van der Waals surface area contributed by atoms with Gasteiger partial charge in [0.2, 0.25) is 0 Å². The Morgan fingerprint density at radius 1 is 1.46 bits per heavy atom. The highest BCUT2D eigenvalue weighted by molar-refractivity contribution is 6.19. The van der Waals surface area contributed by atoms with E-state index in [0.717, 1.165) is 0 Å². The van der Waals surface area contributed by atoms with E-state index in [4.69, 9.17) is 16.7 Å². The second kappa shape index (κ2) is 7.55. The van der Waals surface area contributed by atoms with Gasteiger partial charge in [0.25, 0.3) is 0 Å². The molecule has 0 amide bonds. The number of carboxylic acid groups (broad SMARTS) is 1. The summed E-state index contributed by atoms with van der Waals surface area (Å²) in [7, 11) is 0. The normalized spacial score (nSPS) is 10.9. The zero-order valence-electron chi connectivity index (χ0n) is 7.35. The molecule has 0 aromatic carbocycles. The summed E-state index contributed by atoms with van der Waals surface area (Å²) in [6, 6.07) is 5.72. The fourth-order valence-corrected chi connectivity index (χ4v) is 0.511. The van der Waals surface area contributed by atoms with Crippen LogP contribution in [0.4, 0.5) is 0 Å². The van der Waals surface area contributed by atoms with Gasteiger partial charge in [0, 0.05) is 18.3 Å². The lowest BCUT2D eigenvalue weighted by molar-refractivity contribution is -0.140. The number of nitrogens with zero attached hydrogens (tertiary/aromatic N) is 1. The number of aromatic nitrogens is 1. The highest BCUT2D eigenvalue weighted by atomic mass is 35.5. The van der Waals surface area contributed by atoms with Crippen molar-refractivity contribution in [3.05, 3.63) is 30.6 Å². The highest BCUT2D eigenvalue weighted by Crippen LogP contribution is 1.95. The van der Waals surface area contributed by atoms with Gasteiger partial charge in [0.1, 0.15) is 0 Å². The summed E-state index contributed by atoms with van der Waals surface area (Å²) in [5.74, 6) is -1.06. The molecule has 1 heterocycles. The Kier molecular flexibility index (Phi) is 6.92. The van der Waals surface area contributed by atoms with Gasteiger partial charge < -0.3 is 5.11 Å². The number of halogens is 1. The van der Waals surface area contributed by atoms with Gasteiger partial charge in [-0.3, -0.25) is 9.78 Å². The van der Waals surface area contributed by atoms with Gasteiger partial charge in [0.15, 0.2) is 0 Å². The summed E-state index contributed by atoms with van der Waals surface area (Å²) in [5.41, 5.74) is 0. The lowest BCUT2D eigenvalue weighted by Crippen LogP contribution is -2.09. The van der Waals surface area contributed by atoms with Crippen molar-refractivity contribution in [2.75, 3.05) is 5.88 Å². The molecule has 0 aliphatic carbocycles. The number of alkyl halides is 1. The van der Waals surface area contributed by atoms with Gasteiger partial charge in [-0.1, -0.05) is 13.0 Å². The lowest BCUT2D eigenvalue weighted by Gasteiger charge is -1.94. The molecule has 0 bridgehead atoms. The minimum Gasteiger partial charge on any atom is -0.481 e. The number of carboxylic acids is 1. The van der Waals surface area contributed by atoms with Crippen LogP contribution in [0, 0.1) is 5.92 Å². The van der Waals surface area contributed by atoms with Crippen molar-refractivity contribution in [2.45, 2.75) is 6.92 Å². The summed E-state index contributed by atoms with van der Waals surface area (Å²) < 4.78 is 0. The van der Waals surface area contributed by atoms with Gasteiger partial charge in [0.05, 0.1) is 5.92 Å². The average Bonchev–Trinajstić information content (AvgIpc) is 2.20. The summed E-state index contributed by atoms with van der Waals surface area (Å²) in [4.78, 5) is 13.6. The maximum absolute atomic E-state index is 9.85. The first kappa shape index (κ1) is 11.9. The molecule has 13 heavy (non-hydrogen) atoms. The Bertz CT molecular complexity index is 202. The van der Waals surface area contributed by atoms with Crippen LogP contribution < -0.4 is 0 Å². The zero-order valence-corrected chi connectivity index (χ0v) is 8.11. The summed E-state index contributed by atoms with van der Waals surface area (Å²) in [6.07, 6.45) is 3.50. The predicted molar refractivity (Wildman–Crippen MR) is 51.8 cm³/mol. The minimum absolute atomic E-state index is 0.190. The van der Waals surface area contributed by atoms with Crippen molar-refractivity contribution in [3.63, 3.8) is 0 Å². The Labute approximate surface area is 82.4 Å². The third kappa shape index (κ3) is 7.28. The first-order valence-electron chi connectivity index (χ1n) is 3.82. The van der Waals surface area contributed by atoms with Gasteiger partial charge in [-0.05, 0) is 12.1 Å². The first-order chi connectivity index (χ1) is 6.18. The standard InChI is InChI=1S/C5H5N.C4H7ClO2/c1-2-4-6-5-3-1;1-3(2-5)4(6)7/h1-5H;3H,2H2,1H3,(H,6,7). The van der Waals surface area contributed by atoms with Crippen LogP contribution in [-0.4, -0.2) is 21.9 Å². The smallest absolute Gasteiger partial charge is 0.307 e. The maximum Gasteiger partial charge on any atom is 0.307 e. The Balaban J connectivity index is 0.000000223. The average molecular weight is 202 g/mol. The molecule has 72 valence electrons. The molecule has 4 heteroatoms. The van der Waals surface area contributed by atoms with Crippen molar-refractivity contribution in [1.29, 1.82) is 0 Å². The fraction of sp³-hybridized carbons (Fsp3) is 0.333. The molecule has 1 unspecified atom stereocenters. The first-order valence-corrected chi connectivity index (χ1v) is 4.35. The predicted octanol–water partition coefficient (Wildman–Crippen LogP) is 2.03. The molecule has 0 aliphatic rings. The fourth-order valence-electron chi connectivity index (χ4n) is 0.379. The van der Waals surface area contributed by atoms with Crippen LogP contribution in [0.1, 0.15) is 6.92 Å². The van der Waals surface area contributed by atoms with Crippen molar-refractivity contribution in [1.82, 2.24) is 4.98 Å². The van der Waals surface area contributed by atoms with E-state index < -0.39 is 11.9 Å². The quantitative estimate of drug-likeness (QED) is 0.745. The summed E-state index contributed by atoms with van der Waals surface area (Å²) in [5, 5.41) is 8.10. The molecule has 3 nitrogen and oxygen atoms in total. The van der Waals surface area contributed by atoms with Crippen molar-refractivity contribution in [2.24, 2.45) is 5.92 Å². The van der Waals surface area contributed by atoms with Crippen LogP contribution in [-0.2, 0) is 4.79 Å². The van der Waals surface area contributed by atoms with Crippen molar-refractivity contribution >= 4 is 17.6 Å². The number of hydrogen-bond acceptors (Lipinski definition) is 2. The molecule has 1 rings (SSSR count). The van der Waals surface area contributed by atoms with E-state index in [1.807, 2.05) is 18.2 Å². The number of pyridine rings is 1. The van der Waals surface area contributed by atoms with Crippen molar-refractivity contribution < 1.29 is 9.90 Å². The second-order valence-electron chi connectivity index (χ2n) is 2.42. The summed E-state index contributed by atoms with van der Waals surface area (Å²) in [6.45, 7) is 1.56. The Hall–Kier alpha value is -1.09. The number of aliphatic carboxylic acids is 1. The van der Waals surface area contributed by atoms with Gasteiger partial charge in [-0.25, -0.2) is 0 Å². The minimum atomic E-state index is -0.838. The van der Waals surface area contributed by atoms with Gasteiger partial charge >= 0.3 is 5.97 Å². The van der Waals surface area contributed by atoms with E-state index >= 15 is 0 Å². The SMILES string of the molecule is CC(CCl)C(=O)O.c1ccncc1. The molecule has 0 fully saturated rings. The topological polar surface area (TPSA) is 50.2 Å². The van der Waals surface area contributed by atoms with Crippen LogP contribution in [0.5, 0.6) is 0 Å². The molecule has 0 aliphatic heterocycles.